The average molecular weight is 560 g/mol. The molecule has 1 aromatic carbocycles. The number of hydrogen-bond donors (Lipinski definition) is 2. The Labute approximate surface area is 223 Å². The lowest BCUT2D eigenvalue weighted by molar-refractivity contribution is -0.137. The molecule has 3 aromatic rings. The number of fused-ring (bicyclic) bond motifs is 2. The standard InChI is InChI=1S/C24H24F3N5OS.2ClH/c1-33-18-6-2-4-15(12-18)7-8-17-14-32(11-10-28-17)21-19-16(5-3-9-29-19)13-30-22-20(21)31-23(34-22)24(25,26)27;;/h2-6,9,12-13,17,28,30H,7-8,10-11,14H2,1H3;2*1H. The third-order valence-corrected chi connectivity index (χ3v) is 7.03. The maximum absolute atomic E-state index is 13.5. The van der Waals surface area contributed by atoms with Crippen LogP contribution in [0.4, 0.5) is 18.2 Å². The van der Waals surface area contributed by atoms with Crippen molar-refractivity contribution in [2.24, 2.45) is 0 Å². The third-order valence-electron chi connectivity index (χ3n) is 6.00. The van der Waals surface area contributed by atoms with Gasteiger partial charge in [0.2, 0.25) is 5.01 Å². The summed E-state index contributed by atoms with van der Waals surface area (Å²) in [6.45, 7) is 2.02. The van der Waals surface area contributed by atoms with Crippen LogP contribution in [0.25, 0.3) is 11.9 Å². The molecule has 1 fully saturated rings. The number of thiazole rings is 1. The second kappa shape index (κ2) is 11.7. The van der Waals surface area contributed by atoms with Crippen molar-refractivity contribution in [1.29, 1.82) is 0 Å². The third kappa shape index (κ3) is 5.88. The summed E-state index contributed by atoms with van der Waals surface area (Å²) in [4.78, 5) is 10.7. The summed E-state index contributed by atoms with van der Waals surface area (Å²) >= 11 is 0.625. The van der Waals surface area contributed by atoms with Crippen LogP contribution in [0, 0.1) is 0 Å². The van der Waals surface area contributed by atoms with Gasteiger partial charge in [-0.15, -0.1) is 24.8 Å². The van der Waals surface area contributed by atoms with Gasteiger partial charge in [-0.2, -0.15) is 13.2 Å². The first-order valence-corrected chi connectivity index (χ1v) is 11.9. The Balaban J connectivity index is 0.00000180. The Hall–Kier alpha value is -2.53. The van der Waals surface area contributed by atoms with Gasteiger partial charge in [-0.05, 0) is 42.7 Å². The summed E-state index contributed by atoms with van der Waals surface area (Å²) in [5, 5.41) is 7.56. The highest BCUT2D eigenvalue weighted by Crippen LogP contribution is 2.39. The van der Waals surface area contributed by atoms with E-state index >= 15 is 0 Å². The van der Waals surface area contributed by atoms with Crippen LogP contribution in [0.1, 0.15) is 22.7 Å². The first kappa shape index (κ1) is 28.0. The van der Waals surface area contributed by atoms with Gasteiger partial charge in [0.05, 0.1) is 18.2 Å². The van der Waals surface area contributed by atoms with Crippen LogP contribution in [-0.4, -0.2) is 47.7 Å². The summed E-state index contributed by atoms with van der Waals surface area (Å²) in [5.74, 6) is 0.827. The van der Waals surface area contributed by atoms with E-state index in [4.69, 9.17) is 4.74 Å². The zero-order valence-electron chi connectivity index (χ0n) is 19.3. The number of aryl methyl sites for hydroxylation is 1. The van der Waals surface area contributed by atoms with Gasteiger partial charge in [-0.25, -0.2) is 4.98 Å². The highest BCUT2D eigenvalue weighted by Gasteiger charge is 2.38. The van der Waals surface area contributed by atoms with Crippen LogP contribution >= 0.6 is 36.2 Å². The minimum Gasteiger partial charge on any atom is -0.497 e. The Kier molecular flexibility index (Phi) is 9.10. The first-order chi connectivity index (χ1) is 16.4. The van der Waals surface area contributed by atoms with E-state index in [9.17, 15) is 13.2 Å². The molecule has 0 amide bonds. The average Bonchev–Trinajstić information content (AvgIpc) is 3.21. The summed E-state index contributed by atoms with van der Waals surface area (Å²) in [7, 11) is 1.65. The lowest BCUT2D eigenvalue weighted by Gasteiger charge is -2.36. The van der Waals surface area contributed by atoms with E-state index in [0.717, 1.165) is 30.4 Å². The molecule has 0 saturated carbocycles. The van der Waals surface area contributed by atoms with Crippen molar-refractivity contribution in [3.05, 3.63) is 69.4 Å². The number of piperazine rings is 1. The van der Waals surface area contributed by atoms with Crippen LogP contribution in [0.15, 0.2) is 42.6 Å². The van der Waals surface area contributed by atoms with Crippen molar-refractivity contribution in [2.75, 3.05) is 32.1 Å². The fourth-order valence-corrected chi connectivity index (χ4v) is 5.18. The molecule has 0 radical (unpaired) electrons. The second-order valence-corrected chi connectivity index (χ2v) is 9.26. The molecule has 12 heteroatoms. The largest absolute Gasteiger partial charge is 0.497 e. The van der Waals surface area contributed by atoms with Crippen LogP contribution in [0.3, 0.4) is 0 Å². The summed E-state index contributed by atoms with van der Waals surface area (Å²) in [6.07, 6.45) is 0.613. The maximum atomic E-state index is 13.5. The molecular formula is C24H26Cl2F3N5OS. The summed E-state index contributed by atoms with van der Waals surface area (Å²) < 4.78 is 45.7. The van der Waals surface area contributed by atoms with Gasteiger partial charge < -0.3 is 20.3 Å². The van der Waals surface area contributed by atoms with E-state index in [1.807, 2.05) is 30.3 Å². The van der Waals surface area contributed by atoms with Crippen molar-refractivity contribution in [1.82, 2.24) is 20.2 Å². The highest BCUT2D eigenvalue weighted by molar-refractivity contribution is 7.16. The SMILES string of the molecule is COc1cccc(CCC2CN(C3=c4ncccc4=CNc4sc(C(F)(F)F)nc43)CCN2)c1.Cl.Cl. The molecule has 194 valence electrons. The zero-order valence-corrected chi connectivity index (χ0v) is 21.8. The molecule has 36 heavy (non-hydrogen) atoms. The van der Waals surface area contributed by atoms with E-state index in [1.54, 1.807) is 19.5 Å². The van der Waals surface area contributed by atoms with Crippen LogP contribution in [0.2, 0.25) is 0 Å². The molecule has 0 spiro atoms. The molecule has 2 aliphatic rings. The number of benzene rings is 1. The molecule has 4 heterocycles. The van der Waals surface area contributed by atoms with Gasteiger partial charge in [0.25, 0.3) is 0 Å². The molecule has 2 aliphatic heterocycles. The van der Waals surface area contributed by atoms with Crippen LogP contribution in [-0.2, 0) is 12.6 Å². The molecule has 1 saturated heterocycles. The number of aromatic nitrogens is 2. The minimum atomic E-state index is -4.50. The molecule has 2 aromatic heterocycles. The predicted molar refractivity (Wildman–Crippen MR) is 140 cm³/mol. The van der Waals surface area contributed by atoms with Gasteiger partial charge in [-0.1, -0.05) is 23.5 Å². The van der Waals surface area contributed by atoms with E-state index < -0.39 is 11.2 Å². The molecule has 6 nitrogen and oxygen atoms in total. The molecular weight excluding hydrogens is 534 g/mol. The van der Waals surface area contributed by atoms with E-state index in [0.29, 0.717) is 46.2 Å². The normalized spacial score (nSPS) is 16.8. The van der Waals surface area contributed by atoms with Gasteiger partial charge in [0.1, 0.15) is 16.4 Å². The first-order valence-electron chi connectivity index (χ1n) is 11.0. The number of hydrogen-bond acceptors (Lipinski definition) is 7. The molecule has 1 unspecified atom stereocenters. The Bertz CT molecular complexity index is 1320. The van der Waals surface area contributed by atoms with Crippen molar-refractivity contribution >= 4 is 53.0 Å². The number of alkyl halides is 3. The Morgan fingerprint density at radius 1 is 1.19 bits per heavy atom. The van der Waals surface area contributed by atoms with Gasteiger partial charge in [0.15, 0.2) is 0 Å². The molecule has 0 bridgehead atoms. The quantitative estimate of drug-likeness (QED) is 0.497. The lowest BCUT2D eigenvalue weighted by atomic mass is 10.0. The van der Waals surface area contributed by atoms with Crippen molar-refractivity contribution < 1.29 is 17.9 Å². The highest BCUT2D eigenvalue weighted by atomic mass is 35.5. The number of methoxy groups -OCH3 is 1. The van der Waals surface area contributed by atoms with Gasteiger partial charge >= 0.3 is 6.18 Å². The van der Waals surface area contributed by atoms with Crippen LogP contribution in [0.5, 0.6) is 5.75 Å². The van der Waals surface area contributed by atoms with Gasteiger partial charge in [0, 0.05) is 43.3 Å². The smallest absolute Gasteiger partial charge is 0.443 e. The van der Waals surface area contributed by atoms with Crippen LogP contribution < -0.4 is 25.9 Å². The van der Waals surface area contributed by atoms with Crippen molar-refractivity contribution in [3.63, 3.8) is 0 Å². The van der Waals surface area contributed by atoms with E-state index in [2.05, 4.69) is 31.6 Å². The summed E-state index contributed by atoms with van der Waals surface area (Å²) in [6, 6.07) is 11.9. The van der Waals surface area contributed by atoms with E-state index in [1.165, 1.54) is 5.56 Å². The number of rotatable bonds is 5. The van der Waals surface area contributed by atoms with Crippen molar-refractivity contribution in [3.8, 4) is 5.75 Å². The lowest BCUT2D eigenvalue weighted by Crippen LogP contribution is -2.52. The molecule has 5 rings (SSSR count). The number of anilines is 1. The second-order valence-electron chi connectivity index (χ2n) is 8.26. The Morgan fingerprint density at radius 3 is 2.81 bits per heavy atom. The monoisotopic (exact) mass is 559 g/mol. The number of halogens is 5. The molecule has 2 N–H and O–H groups in total. The fraction of sp³-hybridized carbons (Fsp3) is 0.333. The van der Waals surface area contributed by atoms with E-state index in [-0.39, 0.29) is 30.9 Å². The number of pyridine rings is 1. The molecule has 0 aliphatic carbocycles. The maximum Gasteiger partial charge on any atom is 0.443 e. The Morgan fingerprint density at radius 2 is 2.03 bits per heavy atom. The summed E-state index contributed by atoms with van der Waals surface area (Å²) in [5.41, 5.74) is 2.13. The number of nitrogens with zero attached hydrogens (tertiary/aromatic N) is 3. The van der Waals surface area contributed by atoms with Gasteiger partial charge in [-0.3, -0.25) is 4.98 Å². The predicted octanol–water partition coefficient (Wildman–Crippen LogP) is 3.64. The number of nitrogens with one attached hydrogen (secondary N) is 2. The fourth-order valence-electron chi connectivity index (χ4n) is 4.38. The topological polar surface area (TPSA) is 62.3 Å². The van der Waals surface area contributed by atoms with Crippen molar-refractivity contribution in [2.45, 2.75) is 25.1 Å². The molecule has 1 atom stereocenters. The minimum absolute atomic E-state index is 0. The zero-order chi connectivity index (χ0) is 23.7. The number of ether oxygens (including phenoxy) is 1.